The Morgan fingerprint density at radius 2 is 1.91 bits per heavy atom. The molecule has 1 aliphatic carbocycles. The lowest BCUT2D eigenvalue weighted by molar-refractivity contribution is -0.143. The molecule has 0 spiro atoms. The molecule has 22 heavy (non-hydrogen) atoms. The summed E-state index contributed by atoms with van der Waals surface area (Å²) in [6.45, 7) is -1.13. The molecule has 1 amide bonds. The minimum absolute atomic E-state index is 0.416. The number of halogens is 1. The zero-order valence-electron chi connectivity index (χ0n) is 12.5. The number of benzene rings is 1. The molecule has 0 bridgehead atoms. The molecule has 0 radical (unpaired) electrons. The molecular formula is C16H20FNO4. The SMILES string of the molecule is COc1ccc(C2(C(=O)NC(CF)C(=O)O)CCCC2)cc1. The van der Waals surface area contributed by atoms with Crippen LogP contribution in [0.3, 0.4) is 0 Å². The minimum Gasteiger partial charge on any atom is -0.497 e. The average Bonchev–Trinajstić information content (AvgIpc) is 3.03. The Morgan fingerprint density at radius 1 is 1.32 bits per heavy atom. The number of carboxylic acids is 1. The molecule has 1 saturated carbocycles. The van der Waals surface area contributed by atoms with Gasteiger partial charge in [-0.15, -0.1) is 0 Å². The van der Waals surface area contributed by atoms with Crippen LogP contribution in [0.1, 0.15) is 31.2 Å². The lowest BCUT2D eigenvalue weighted by atomic mass is 9.77. The number of hydrogen-bond acceptors (Lipinski definition) is 3. The van der Waals surface area contributed by atoms with Crippen molar-refractivity contribution in [2.75, 3.05) is 13.8 Å². The fourth-order valence-corrected chi connectivity index (χ4v) is 3.00. The third-order valence-electron chi connectivity index (χ3n) is 4.29. The number of nitrogens with one attached hydrogen (secondary N) is 1. The molecule has 1 aromatic rings. The number of alkyl halides is 1. The van der Waals surface area contributed by atoms with Gasteiger partial charge in [-0.05, 0) is 30.5 Å². The van der Waals surface area contributed by atoms with Crippen LogP contribution in [0.5, 0.6) is 5.75 Å². The molecule has 5 nitrogen and oxygen atoms in total. The van der Waals surface area contributed by atoms with Crippen molar-refractivity contribution in [3.63, 3.8) is 0 Å². The number of ether oxygens (including phenoxy) is 1. The van der Waals surface area contributed by atoms with E-state index in [2.05, 4.69) is 5.32 Å². The summed E-state index contributed by atoms with van der Waals surface area (Å²) in [5, 5.41) is 11.2. The van der Waals surface area contributed by atoms with Gasteiger partial charge in [-0.2, -0.15) is 0 Å². The molecule has 1 aliphatic rings. The molecule has 2 N–H and O–H groups in total. The molecule has 1 aromatic carbocycles. The van der Waals surface area contributed by atoms with Gasteiger partial charge >= 0.3 is 5.97 Å². The van der Waals surface area contributed by atoms with Crippen LogP contribution in [-0.4, -0.2) is 36.8 Å². The van der Waals surface area contributed by atoms with E-state index < -0.39 is 30.0 Å². The standard InChI is InChI=1S/C16H20FNO4/c1-22-12-6-4-11(5-7-12)16(8-2-3-9-16)15(21)18-13(10-17)14(19)20/h4-7,13H,2-3,8-10H2,1H3,(H,18,21)(H,19,20). The summed E-state index contributed by atoms with van der Waals surface area (Å²) < 4.78 is 17.9. The first-order valence-corrected chi connectivity index (χ1v) is 7.28. The molecule has 0 saturated heterocycles. The molecule has 1 fully saturated rings. The maximum Gasteiger partial charge on any atom is 0.328 e. The Kier molecular flexibility index (Phi) is 5.00. The van der Waals surface area contributed by atoms with E-state index in [9.17, 15) is 14.0 Å². The van der Waals surface area contributed by atoms with Crippen LogP contribution >= 0.6 is 0 Å². The summed E-state index contributed by atoms with van der Waals surface area (Å²) >= 11 is 0. The van der Waals surface area contributed by atoms with Gasteiger partial charge in [0.05, 0.1) is 12.5 Å². The molecule has 1 unspecified atom stereocenters. The predicted octanol–water partition coefficient (Wildman–Crippen LogP) is 2.05. The molecule has 1 atom stereocenters. The first-order chi connectivity index (χ1) is 10.5. The lowest BCUT2D eigenvalue weighted by Crippen LogP contribution is -2.50. The molecular weight excluding hydrogens is 289 g/mol. The fourth-order valence-electron chi connectivity index (χ4n) is 3.00. The maximum absolute atomic E-state index is 12.8. The van der Waals surface area contributed by atoms with Gasteiger partial charge in [-0.25, -0.2) is 9.18 Å². The number of rotatable bonds is 6. The Morgan fingerprint density at radius 3 is 2.36 bits per heavy atom. The van der Waals surface area contributed by atoms with Crippen LogP contribution < -0.4 is 10.1 Å². The number of carbonyl (C=O) groups is 2. The van der Waals surface area contributed by atoms with Crippen LogP contribution in [0.25, 0.3) is 0 Å². The van der Waals surface area contributed by atoms with Crippen molar-refractivity contribution in [2.24, 2.45) is 0 Å². The highest BCUT2D eigenvalue weighted by Gasteiger charge is 2.43. The molecule has 0 aromatic heterocycles. The van der Waals surface area contributed by atoms with E-state index in [-0.39, 0.29) is 0 Å². The van der Waals surface area contributed by atoms with E-state index in [0.717, 1.165) is 18.4 Å². The summed E-state index contributed by atoms with van der Waals surface area (Å²) in [4.78, 5) is 23.6. The highest BCUT2D eigenvalue weighted by molar-refractivity contribution is 5.91. The van der Waals surface area contributed by atoms with Crippen LogP contribution in [0.4, 0.5) is 4.39 Å². The van der Waals surface area contributed by atoms with E-state index in [1.54, 1.807) is 19.2 Å². The van der Waals surface area contributed by atoms with Gasteiger partial charge in [0.15, 0.2) is 6.04 Å². The van der Waals surface area contributed by atoms with E-state index in [4.69, 9.17) is 9.84 Å². The third-order valence-corrected chi connectivity index (χ3v) is 4.29. The summed E-state index contributed by atoms with van der Waals surface area (Å²) in [6, 6.07) is 5.67. The van der Waals surface area contributed by atoms with Crippen LogP contribution in [0.15, 0.2) is 24.3 Å². The van der Waals surface area contributed by atoms with Crippen LogP contribution in [-0.2, 0) is 15.0 Å². The topological polar surface area (TPSA) is 75.6 Å². The molecule has 0 aliphatic heterocycles. The summed E-state index contributed by atoms with van der Waals surface area (Å²) in [5.74, 6) is -1.09. The Bertz CT molecular complexity index is 538. The quantitative estimate of drug-likeness (QED) is 0.843. The second-order valence-corrected chi connectivity index (χ2v) is 5.54. The van der Waals surface area contributed by atoms with Crippen molar-refractivity contribution in [1.29, 1.82) is 0 Å². The van der Waals surface area contributed by atoms with Crippen molar-refractivity contribution >= 4 is 11.9 Å². The highest BCUT2D eigenvalue weighted by Crippen LogP contribution is 2.41. The minimum atomic E-state index is -1.50. The Balaban J connectivity index is 2.27. The van der Waals surface area contributed by atoms with Crippen molar-refractivity contribution in [3.8, 4) is 5.75 Å². The van der Waals surface area contributed by atoms with Gasteiger partial charge in [0, 0.05) is 0 Å². The summed E-state index contributed by atoms with van der Waals surface area (Å²) in [6.07, 6.45) is 3.02. The van der Waals surface area contributed by atoms with E-state index in [0.29, 0.717) is 18.6 Å². The zero-order chi connectivity index (χ0) is 16.2. The summed E-state index contributed by atoms with van der Waals surface area (Å²) in [5.41, 5.74) is 0.0288. The molecule has 120 valence electrons. The number of carboxylic acid groups (broad SMARTS) is 1. The Labute approximate surface area is 128 Å². The molecule has 6 heteroatoms. The van der Waals surface area contributed by atoms with Gasteiger partial charge in [-0.3, -0.25) is 4.79 Å². The predicted molar refractivity (Wildman–Crippen MR) is 78.7 cm³/mol. The molecule has 0 heterocycles. The van der Waals surface area contributed by atoms with Gasteiger partial charge in [0.25, 0.3) is 0 Å². The van der Waals surface area contributed by atoms with Crippen molar-refractivity contribution < 1.29 is 23.8 Å². The lowest BCUT2D eigenvalue weighted by Gasteiger charge is -2.29. The number of carbonyl (C=O) groups excluding carboxylic acids is 1. The van der Waals surface area contributed by atoms with Gasteiger partial charge in [-0.1, -0.05) is 25.0 Å². The average molecular weight is 309 g/mol. The first kappa shape index (κ1) is 16.3. The first-order valence-electron chi connectivity index (χ1n) is 7.28. The largest absolute Gasteiger partial charge is 0.497 e. The van der Waals surface area contributed by atoms with E-state index in [1.165, 1.54) is 0 Å². The maximum atomic E-state index is 12.8. The van der Waals surface area contributed by atoms with Crippen molar-refractivity contribution in [3.05, 3.63) is 29.8 Å². The van der Waals surface area contributed by atoms with E-state index in [1.807, 2.05) is 12.1 Å². The number of methoxy groups -OCH3 is 1. The van der Waals surface area contributed by atoms with Gasteiger partial charge in [0.2, 0.25) is 5.91 Å². The summed E-state index contributed by atoms with van der Waals surface area (Å²) in [7, 11) is 1.56. The van der Waals surface area contributed by atoms with E-state index >= 15 is 0 Å². The smallest absolute Gasteiger partial charge is 0.328 e. The monoisotopic (exact) mass is 309 g/mol. The van der Waals surface area contributed by atoms with Crippen molar-refractivity contribution in [2.45, 2.75) is 37.1 Å². The fraction of sp³-hybridized carbons (Fsp3) is 0.500. The third kappa shape index (κ3) is 3.05. The Hall–Kier alpha value is -2.11. The van der Waals surface area contributed by atoms with Crippen LogP contribution in [0, 0.1) is 0 Å². The number of hydrogen-bond donors (Lipinski definition) is 2. The second-order valence-electron chi connectivity index (χ2n) is 5.54. The van der Waals surface area contributed by atoms with Crippen LogP contribution in [0.2, 0.25) is 0 Å². The van der Waals surface area contributed by atoms with Crippen molar-refractivity contribution in [1.82, 2.24) is 5.32 Å². The number of aliphatic carboxylic acids is 1. The number of amides is 1. The van der Waals surface area contributed by atoms with Gasteiger partial charge < -0.3 is 15.2 Å². The normalized spacial score (nSPS) is 17.7. The zero-order valence-corrected chi connectivity index (χ0v) is 12.5. The van der Waals surface area contributed by atoms with Gasteiger partial charge in [0.1, 0.15) is 12.4 Å². The highest BCUT2D eigenvalue weighted by atomic mass is 19.1. The molecule has 2 rings (SSSR count). The second kappa shape index (κ2) is 6.77.